The SMILES string of the molecule is O=C(c1cc2ccccc2s1)N(Cl)C1CN2CCC1CC2. The van der Waals surface area contributed by atoms with E-state index in [0.717, 1.165) is 47.4 Å². The van der Waals surface area contributed by atoms with Crippen molar-refractivity contribution in [2.24, 2.45) is 5.92 Å². The van der Waals surface area contributed by atoms with Crippen molar-refractivity contribution in [1.82, 2.24) is 9.32 Å². The van der Waals surface area contributed by atoms with E-state index in [1.807, 2.05) is 30.3 Å². The molecule has 2 aromatic rings. The third-order valence-corrected chi connectivity index (χ3v) is 6.25. The molecule has 1 amide bonds. The van der Waals surface area contributed by atoms with E-state index < -0.39 is 0 Å². The number of nitrogens with zero attached hydrogens (tertiary/aromatic N) is 2. The van der Waals surface area contributed by atoms with Gasteiger partial charge in [-0.3, -0.25) is 4.79 Å². The number of halogens is 1. The summed E-state index contributed by atoms with van der Waals surface area (Å²) in [6.07, 6.45) is 2.32. The molecule has 1 atom stereocenters. The maximum atomic E-state index is 12.7. The van der Waals surface area contributed by atoms with Crippen LogP contribution in [0.25, 0.3) is 10.1 Å². The first-order chi connectivity index (χ1) is 10.2. The molecule has 0 spiro atoms. The van der Waals surface area contributed by atoms with Gasteiger partial charge in [-0.25, -0.2) is 4.42 Å². The lowest BCUT2D eigenvalue weighted by atomic mass is 9.84. The topological polar surface area (TPSA) is 23.6 Å². The standard InChI is InChI=1S/C16H17ClN2OS/c17-19(13-10-18-7-5-11(13)6-8-18)16(20)15-9-12-3-1-2-4-14(12)21-15/h1-4,9,11,13H,5-8,10H2. The molecule has 1 aromatic carbocycles. The van der Waals surface area contributed by atoms with Gasteiger partial charge in [0.05, 0.1) is 10.9 Å². The van der Waals surface area contributed by atoms with Gasteiger partial charge < -0.3 is 4.90 Å². The molecule has 0 saturated carbocycles. The minimum atomic E-state index is -0.0448. The molecule has 1 unspecified atom stereocenters. The van der Waals surface area contributed by atoms with Gasteiger partial charge in [-0.15, -0.1) is 11.3 Å². The minimum absolute atomic E-state index is 0.0448. The minimum Gasteiger partial charge on any atom is -0.301 e. The Morgan fingerprint density at radius 1 is 1.29 bits per heavy atom. The van der Waals surface area contributed by atoms with Gasteiger partial charge in [-0.05, 0) is 49.4 Å². The summed E-state index contributed by atoms with van der Waals surface area (Å²) in [6, 6.07) is 10.2. The predicted molar refractivity (Wildman–Crippen MR) is 86.8 cm³/mol. The monoisotopic (exact) mass is 320 g/mol. The van der Waals surface area contributed by atoms with Crippen LogP contribution >= 0.6 is 23.1 Å². The molecule has 110 valence electrons. The fourth-order valence-corrected chi connectivity index (χ4v) is 4.90. The lowest BCUT2D eigenvalue weighted by Gasteiger charge is -2.46. The first-order valence-electron chi connectivity index (χ1n) is 7.42. The molecule has 2 bridgehead atoms. The summed E-state index contributed by atoms with van der Waals surface area (Å²) in [4.78, 5) is 15.8. The summed E-state index contributed by atoms with van der Waals surface area (Å²) in [5.74, 6) is 0.516. The molecular formula is C16H17ClN2OS. The van der Waals surface area contributed by atoms with E-state index in [0.29, 0.717) is 5.92 Å². The van der Waals surface area contributed by atoms with E-state index in [1.165, 1.54) is 15.8 Å². The van der Waals surface area contributed by atoms with Gasteiger partial charge in [0, 0.05) is 23.0 Å². The van der Waals surface area contributed by atoms with Crippen molar-refractivity contribution in [2.75, 3.05) is 19.6 Å². The van der Waals surface area contributed by atoms with Gasteiger partial charge in [-0.1, -0.05) is 18.2 Å². The molecule has 5 heteroatoms. The van der Waals surface area contributed by atoms with E-state index in [2.05, 4.69) is 4.90 Å². The van der Waals surface area contributed by atoms with Gasteiger partial charge in [0.25, 0.3) is 5.91 Å². The van der Waals surface area contributed by atoms with Crippen molar-refractivity contribution in [3.63, 3.8) is 0 Å². The van der Waals surface area contributed by atoms with E-state index >= 15 is 0 Å². The number of thiophene rings is 1. The van der Waals surface area contributed by atoms with E-state index in [4.69, 9.17) is 11.8 Å². The summed E-state index contributed by atoms with van der Waals surface area (Å²) in [7, 11) is 0. The Balaban J connectivity index is 1.58. The van der Waals surface area contributed by atoms with E-state index in [1.54, 1.807) is 0 Å². The molecule has 0 N–H and O–H groups in total. The molecular weight excluding hydrogens is 304 g/mol. The average molecular weight is 321 g/mol. The van der Waals surface area contributed by atoms with Crippen LogP contribution in [0.4, 0.5) is 0 Å². The summed E-state index contributed by atoms with van der Waals surface area (Å²) in [5, 5.41) is 1.12. The lowest BCUT2D eigenvalue weighted by Crippen LogP contribution is -2.56. The number of fused-ring (bicyclic) bond motifs is 4. The summed E-state index contributed by atoms with van der Waals surface area (Å²) in [6.45, 7) is 3.23. The molecule has 0 radical (unpaired) electrons. The molecule has 5 rings (SSSR count). The van der Waals surface area contributed by atoms with Crippen LogP contribution in [-0.2, 0) is 0 Å². The second-order valence-corrected chi connectivity index (χ2v) is 7.42. The second-order valence-electron chi connectivity index (χ2n) is 5.97. The van der Waals surface area contributed by atoms with Crippen LogP contribution in [0.15, 0.2) is 30.3 Å². The molecule has 3 saturated heterocycles. The van der Waals surface area contributed by atoms with Gasteiger partial charge in [0.15, 0.2) is 0 Å². The summed E-state index contributed by atoms with van der Waals surface area (Å²) < 4.78 is 2.61. The number of piperidine rings is 3. The highest BCUT2D eigenvalue weighted by Crippen LogP contribution is 2.34. The molecule has 3 aliphatic heterocycles. The highest BCUT2D eigenvalue weighted by molar-refractivity contribution is 7.20. The van der Waals surface area contributed by atoms with E-state index in [-0.39, 0.29) is 11.9 Å². The molecule has 3 aliphatic rings. The normalized spacial score (nSPS) is 28.0. The Labute approximate surface area is 133 Å². The van der Waals surface area contributed by atoms with Crippen LogP contribution in [0.1, 0.15) is 22.5 Å². The van der Waals surface area contributed by atoms with Crippen molar-refractivity contribution in [3.05, 3.63) is 35.2 Å². The second kappa shape index (κ2) is 5.27. The molecule has 1 aromatic heterocycles. The maximum absolute atomic E-state index is 12.7. The number of rotatable bonds is 2. The zero-order valence-corrected chi connectivity index (χ0v) is 13.2. The fourth-order valence-electron chi connectivity index (χ4n) is 3.53. The van der Waals surface area contributed by atoms with Crippen LogP contribution in [0, 0.1) is 5.92 Å². The Kier molecular flexibility index (Phi) is 3.40. The molecule has 3 nitrogen and oxygen atoms in total. The lowest BCUT2D eigenvalue weighted by molar-refractivity contribution is 0.0344. The van der Waals surface area contributed by atoms with Gasteiger partial charge >= 0.3 is 0 Å². The van der Waals surface area contributed by atoms with Gasteiger partial charge in [0.2, 0.25) is 0 Å². The summed E-state index contributed by atoms with van der Waals surface area (Å²) in [5.41, 5.74) is 0. The number of amides is 1. The van der Waals surface area contributed by atoms with Crippen LogP contribution in [0.2, 0.25) is 0 Å². The Morgan fingerprint density at radius 2 is 2.05 bits per heavy atom. The fraction of sp³-hybridized carbons (Fsp3) is 0.438. The van der Waals surface area contributed by atoms with Gasteiger partial charge in [-0.2, -0.15) is 0 Å². The average Bonchev–Trinajstić information content (AvgIpc) is 2.98. The highest BCUT2D eigenvalue weighted by atomic mass is 35.5. The zero-order valence-electron chi connectivity index (χ0n) is 11.7. The predicted octanol–water partition coefficient (Wildman–Crippen LogP) is 3.59. The largest absolute Gasteiger partial charge is 0.301 e. The first kappa shape index (κ1) is 13.6. The van der Waals surface area contributed by atoms with Crippen molar-refractivity contribution in [3.8, 4) is 0 Å². The van der Waals surface area contributed by atoms with Crippen molar-refractivity contribution >= 4 is 39.1 Å². The Hall–Kier alpha value is -1.10. The number of carbonyl (C=O) groups excluding carboxylic acids is 1. The van der Waals surface area contributed by atoms with Gasteiger partial charge in [0.1, 0.15) is 0 Å². The van der Waals surface area contributed by atoms with Crippen LogP contribution in [0.5, 0.6) is 0 Å². The smallest absolute Gasteiger partial charge is 0.278 e. The van der Waals surface area contributed by atoms with Crippen LogP contribution in [-0.4, -0.2) is 40.9 Å². The zero-order chi connectivity index (χ0) is 14.4. The number of hydrogen-bond donors (Lipinski definition) is 0. The highest BCUT2D eigenvalue weighted by Gasteiger charge is 2.39. The maximum Gasteiger partial charge on any atom is 0.278 e. The van der Waals surface area contributed by atoms with Crippen LogP contribution in [0.3, 0.4) is 0 Å². The molecule has 0 aliphatic carbocycles. The van der Waals surface area contributed by atoms with Crippen LogP contribution < -0.4 is 0 Å². The first-order valence-corrected chi connectivity index (χ1v) is 8.58. The number of hydrogen-bond acceptors (Lipinski definition) is 3. The molecule has 3 fully saturated rings. The third kappa shape index (κ3) is 2.35. The molecule has 21 heavy (non-hydrogen) atoms. The Bertz CT molecular complexity index is 645. The Morgan fingerprint density at radius 3 is 2.71 bits per heavy atom. The van der Waals surface area contributed by atoms with Crippen molar-refractivity contribution in [1.29, 1.82) is 0 Å². The number of carbonyl (C=O) groups is 1. The third-order valence-electron chi connectivity index (χ3n) is 4.74. The van der Waals surface area contributed by atoms with Crippen molar-refractivity contribution in [2.45, 2.75) is 18.9 Å². The van der Waals surface area contributed by atoms with E-state index in [9.17, 15) is 4.79 Å². The quantitative estimate of drug-likeness (QED) is 0.789. The van der Waals surface area contributed by atoms with Crippen molar-refractivity contribution < 1.29 is 4.79 Å². The molecule has 4 heterocycles. The summed E-state index contributed by atoms with van der Waals surface area (Å²) >= 11 is 7.96. The number of benzene rings is 1.